The van der Waals surface area contributed by atoms with E-state index in [9.17, 15) is 0 Å². The summed E-state index contributed by atoms with van der Waals surface area (Å²) in [5.41, 5.74) is 8.88. The van der Waals surface area contributed by atoms with E-state index in [-0.39, 0.29) is 5.41 Å². The Kier molecular flexibility index (Phi) is 3.67. The summed E-state index contributed by atoms with van der Waals surface area (Å²) in [4.78, 5) is 0. The molecule has 102 valence electrons. The van der Waals surface area contributed by atoms with Crippen molar-refractivity contribution in [2.75, 3.05) is 5.73 Å². The number of aryl methyl sites for hydroxylation is 1. The largest absolute Gasteiger partial charge is 0.383 e. The lowest BCUT2D eigenvalue weighted by molar-refractivity contribution is 0.558. The Labute approximate surface area is 126 Å². The van der Waals surface area contributed by atoms with E-state index in [0.717, 1.165) is 21.4 Å². The number of hydrogen-bond acceptors (Lipinski definition) is 2. The van der Waals surface area contributed by atoms with Crippen LogP contribution in [0.5, 0.6) is 0 Å². The molecule has 19 heavy (non-hydrogen) atoms. The summed E-state index contributed by atoms with van der Waals surface area (Å²) >= 11 is 9.68. The average molecular weight is 343 g/mol. The lowest BCUT2D eigenvalue weighted by Gasteiger charge is -2.15. The first-order chi connectivity index (χ1) is 8.71. The van der Waals surface area contributed by atoms with Crippen molar-refractivity contribution in [3.05, 3.63) is 39.0 Å². The molecule has 2 rings (SSSR count). The predicted molar refractivity (Wildman–Crippen MR) is 84.1 cm³/mol. The monoisotopic (exact) mass is 341 g/mol. The molecule has 0 saturated carbocycles. The lowest BCUT2D eigenvalue weighted by atomic mass is 9.92. The number of anilines is 1. The second-order valence-corrected chi connectivity index (χ2v) is 6.84. The van der Waals surface area contributed by atoms with Crippen LogP contribution in [0.15, 0.2) is 22.7 Å². The Morgan fingerprint density at radius 2 is 1.95 bits per heavy atom. The number of benzene rings is 1. The second-order valence-electron chi connectivity index (χ2n) is 5.64. The minimum absolute atomic E-state index is 0.0767. The molecule has 0 aliphatic heterocycles. The fraction of sp³-hybridized carbons (Fsp3) is 0.357. The summed E-state index contributed by atoms with van der Waals surface area (Å²) in [5, 5.41) is 5.32. The molecule has 1 heterocycles. The van der Waals surface area contributed by atoms with Crippen LogP contribution in [0.3, 0.4) is 0 Å². The van der Waals surface area contributed by atoms with Gasteiger partial charge in [-0.2, -0.15) is 5.10 Å². The molecule has 0 spiro atoms. The Morgan fingerprint density at radius 3 is 2.42 bits per heavy atom. The van der Waals surface area contributed by atoms with E-state index in [4.69, 9.17) is 17.3 Å². The van der Waals surface area contributed by atoms with Gasteiger partial charge in [0.15, 0.2) is 0 Å². The molecule has 0 aliphatic carbocycles. The molecular formula is C14H17BrClN3. The zero-order valence-electron chi connectivity index (χ0n) is 11.5. The highest BCUT2D eigenvalue weighted by Crippen LogP contribution is 2.34. The normalized spacial score (nSPS) is 11.9. The van der Waals surface area contributed by atoms with Crippen LogP contribution in [-0.4, -0.2) is 9.78 Å². The predicted octanol–water partition coefficient (Wildman–Crippen LogP) is 4.48. The molecule has 0 fully saturated rings. The van der Waals surface area contributed by atoms with Crippen molar-refractivity contribution in [2.45, 2.75) is 33.1 Å². The van der Waals surface area contributed by atoms with E-state index in [2.05, 4.69) is 41.8 Å². The minimum Gasteiger partial charge on any atom is -0.383 e. The highest BCUT2D eigenvalue weighted by atomic mass is 79.9. The number of nitrogen functional groups attached to an aromatic ring is 1. The Hall–Kier alpha value is -1.000. The summed E-state index contributed by atoms with van der Waals surface area (Å²) in [6.07, 6.45) is 0. The van der Waals surface area contributed by atoms with Crippen LogP contribution in [0.2, 0.25) is 5.02 Å². The number of rotatable bonds is 1. The molecule has 0 radical (unpaired) electrons. The van der Waals surface area contributed by atoms with Gasteiger partial charge < -0.3 is 5.73 Å². The maximum atomic E-state index is 6.16. The van der Waals surface area contributed by atoms with Gasteiger partial charge in [0.2, 0.25) is 0 Å². The van der Waals surface area contributed by atoms with Crippen molar-refractivity contribution in [1.29, 1.82) is 0 Å². The molecule has 0 aliphatic rings. The smallest absolute Gasteiger partial charge is 0.141 e. The first-order valence-corrected chi connectivity index (χ1v) is 7.20. The van der Waals surface area contributed by atoms with E-state index >= 15 is 0 Å². The fourth-order valence-corrected chi connectivity index (χ4v) is 2.82. The summed E-state index contributed by atoms with van der Waals surface area (Å²) in [5.74, 6) is 0.588. The Bertz CT molecular complexity index is 626. The van der Waals surface area contributed by atoms with E-state index in [0.29, 0.717) is 10.8 Å². The van der Waals surface area contributed by atoms with Crippen molar-refractivity contribution in [1.82, 2.24) is 9.78 Å². The van der Waals surface area contributed by atoms with Crippen molar-refractivity contribution >= 4 is 33.3 Å². The van der Waals surface area contributed by atoms with Crippen LogP contribution in [0.25, 0.3) is 5.69 Å². The molecule has 0 unspecified atom stereocenters. The highest BCUT2D eigenvalue weighted by Gasteiger charge is 2.24. The first-order valence-electron chi connectivity index (χ1n) is 6.03. The molecule has 2 aromatic rings. The lowest BCUT2D eigenvalue weighted by Crippen LogP contribution is -2.13. The molecule has 1 aromatic heterocycles. The molecule has 2 N–H and O–H groups in total. The third-order valence-electron chi connectivity index (χ3n) is 2.97. The van der Waals surface area contributed by atoms with Gasteiger partial charge >= 0.3 is 0 Å². The summed E-state index contributed by atoms with van der Waals surface area (Å²) in [6, 6.07) is 5.80. The standard InChI is InChI=1S/C14H17BrClN3/c1-8-5-6-9(7-10(8)16)19-13(17)11(15)12(18-19)14(2,3)4/h5-7H,17H2,1-4H3. The maximum absolute atomic E-state index is 6.16. The average Bonchev–Trinajstić information content (AvgIpc) is 2.60. The van der Waals surface area contributed by atoms with Gasteiger partial charge in [-0.3, -0.25) is 0 Å². The van der Waals surface area contributed by atoms with Crippen LogP contribution in [0, 0.1) is 6.92 Å². The topological polar surface area (TPSA) is 43.8 Å². The summed E-state index contributed by atoms with van der Waals surface area (Å²) in [7, 11) is 0. The molecule has 5 heteroatoms. The molecule has 0 bridgehead atoms. The Balaban J connectivity index is 2.60. The van der Waals surface area contributed by atoms with Crippen molar-refractivity contribution in [3.8, 4) is 5.69 Å². The van der Waals surface area contributed by atoms with Crippen LogP contribution < -0.4 is 5.73 Å². The van der Waals surface area contributed by atoms with Gasteiger partial charge in [-0.1, -0.05) is 38.4 Å². The Morgan fingerprint density at radius 1 is 1.32 bits per heavy atom. The third-order valence-corrected chi connectivity index (χ3v) is 4.16. The molecule has 0 saturated heterocycles. The molecular weight excluding hydrogens is 326 g/mol. The molecule has 0 atom stereocenters. The third kappa shape index (κ3) is 2.65. The SMILES string of the molecule is Cc1ccc(-n2nc(C(C)(C)C)c(Br)c2N)cc1Cl. The number of halogens is 2. The van der Waals surface area contributed by atoms with Crippen LogP contribution in [-0.2, 0) is 5.41 Å². The van der Waals surface area contributed by atoms with E-state index in [1.54, 1.807) is 4.68 Å². The van der Waals surface area contributed by atoms with E-state index in [1.165, 1.54) is 0 Å². The zero-order chi connectivity index (χ0) is 14.4. The minimum atomic E-state index is -0.0767. The highest BCUT2D eigenvalue weighted by molar-refractivity contribution is 9.10. The number of aromatic nitrogens is 2. The van der Waals surface area contributed by atoms with E-state index in [1.807, 2.05) is 25.1 Å². The summed E-state index contributed by atoms with van der Waals surface area (Å²) in [6.45, 7) is 8.28. The first kappa shape index (κ1) is 14.4. The van der Waals surface area contributed by atoms with Gasteiger partial charge in [-0.05, 0) is 40.5 Å². The van der Waals surface area contributed by atoms with Crippen molar-refractivity contribution in [3.63, 3.8) is 0 Å². The van der Waals surface area contributed by atoms with Gasteiger partial charge in [0.25, 0.3) is 0 Å². The van der Waals surface area contributed by atoms with Crippen molar-refractivity contribution < 1.29 is 0 Å². The van der Waals surface area contributed by atoms with Gasteiger partial charge in [0.1, 0.15) is 5.82 Å². The maximum Gasteiger partial charge on any atom is 0.141 e. The number of hydrogen-bond donors (Lipinski definition) is 1. The molecule has 3 nitrogen and oxygen atoms in total. The van der Waals surface area contributed by atoms with Gasteiger partial charge in [-0.15, -0.1) is 0 Å². The zero-order valence-corrected chi connectivity index (χ0v) is 13.8. The number of nitrogens with zero attached hydrogens (tertiary/aromatic N) is 2. The van der Waals surface area contributed by atoms with Gasteiger partial charge in [0.05, 0.1) is 15.9 Å². The van der Waals surface area contributed by atoms with Crippen LogP contribution in [0.1, 0.15) is 32.0 Å². The molecule has 0 amide bonds. The fourth-order valence-electron chi connectivity index (χ4n) is 1.80. The van der Waals surface area contributed by atoms with Gasteiger partial charge in [-0.25, -0.2) is 4.68 Å². The van der Waals surface area contributed by atoms with Crippen LogP contribution >= 0.6 is 27.5 Å². The second kappa shape index (κ2) is 4.84. The van der Waals surface area contributed by atoms with E-state index < -0.39 is 0 Å². The van der Waals surface area contributed by atoms with Gasteiger partial charge in [0, 0.05) is 10.4 Å². The van der Waals surface area contributed by atoms with Crippen LogP contribution in [0.4, 0.5) is 5.82 Å². The number of nitrogens with two attached hydrogens (primary N) is 1. The van der Waals surface area contributed by atoms with Crippen molar-refractivity contribution in [2.24, 2.45) is 0 Å². The quantitative estimate of drug-likeness (QED) is 0.830. The summed E-state index contributed by atoms with van der Waals surface area (Å²) < 4.78 is 2.56. The molecule has 1 aromatic carbocycles.